The first-order chi connectivity index (χ1) is 14.9. The van der Waals surface area contributed by atoms with Crippen molar-refractivity contribution in [3.05, 3.63) is 57.6 Å². The Bertz CT molecular complexity index is 1070. The zero-order valence-corrected chi connectivity index (χ0v) is 18.4. The fourth-order valence-corrected chi connectivity index (χ4v) is 5.80. The monoisotopic (exact) mass is 466 g/mol. The summed E-state index contributed by atoms with van der Waals surface area (Å²) in [5.74, 6) is 0. The van der Waals surface area contributed by atoms with Crippen LogP contribution < -0.4 is 9.80 Å². The van der Waals surface area contributed by atoms with Crippen molar-refractivity contribution in [3.63, 3.8) is 0 Å². The van der Waals surface area contributed by atoms with Crippen molar-refractivity contribution in [2.45, 2.75) is 4.90 Å². The number of rotatable bonds is 5. The summed E-state index contributed by atoms with van der Waals surface area (Å²) in [5, 5.41) is 12.0. The number of nitro benzene ring substituents is 1. The van der Waals surface area contributed by atoms with Crippen molar-refractivity contribution in [2.75, 3.05) is 62.3 Å². The largest absolute Gasteiger partial charge is 0.379 e. The Morgan fingerprint density at radius 2 is 1.52 bits per heavy atom. The Morgan fingerprint density at radius 1 is 0.903 bits per heavy atom. The van der Waals surface area contributed by atoms with E-state index in [-0.39, 0.29) is 23.7 Å². The van der Waals surface area contributed by atoms with Gasteiger partial charge in [0.2, 0.25) is 10.0 Å². The molecule has 2 aliphatic rings. The second-order valence-corrected chi connectivity index (χ2v) is 9.66. The van der Waals surface area contributed by atoms with Gasteiger partial charge in [0.05, 0.1) is 34.5 Å². The first-order valence-corrected chi connectivity index (χ1v) is 11.8. The lowest BCUT2D eigenvalue weighted by atomic mass is 10.2. The van der Waals surface area contributed by atoms with Crippen LogP contribution in [0.5, 0.6) is 0 Å². The minimum absolute atomic E-state index is 0.0326. The Kier molecular flexibility index (Phi) is 6.33. The molecule has 2 heterocycles. The topological polar surface area (TPSA) is 96.2 Å². The summed E-state index contributed by atoms with van der Waals surface area (Å²) < 4.78 is 33.3. The summed E-state index contributed by atoms with van der Waals surface area (Å²) in [6, 6.07) is 11.7. The molecule has 0 aromatic heterocycles. The van der Waals surface area contributed by atoms with Gasteiger partial charge >= 0.3 is 0 Å². The number of hydrogen-bond acceptors (Lipinski definition) is 7. The van der Waals surface area contributed by atoms with Crippen LogP contribution in [0.4, 0.5) is 17.1 Å². The number of nitro groups is 1. The van der Waals surface area contributed by atoms with Gasteiger partial charge in [0.25, 0.3) is 5.69 Å². The molecule has 2 aromatic rings. The molecule has 2 aromatic carbocycles. The number of piperazine rings is 1. The number of hydrogen-bond donors (Lipinski definition) is 0. The molecule has 9 nitrogen and oxygen atoms in total. The van der Waals surface area contributed by atoms with E-state index < -0.39 is 14.9 Å². The fourth-order valence-electron chi connectivity index (χ4n) is 3.91. The maximum atomic E-state index is 13.3. The number of benzene rings is 2. The predicted octanol–water partition coefficient (Wildman–Crippen LogP) is 2.60. The first-order valence-electron chi connectivity index (χ1n) is 9.99. The molecular weight excluding hydrogens is 444 g/mol. The number of ether oxygens (including phenoxy) is 1. The summed E-state index contributed by atoms with van der Waals surface area (Å²) in [6.45, 7) is 3.49. The Balaban J connectivity index is 1.63. The zero-order chi connectivity index (χ0) is 22.0. The highest BCUT2D eigenvalue weighted by atomic mass is 35.5. The third kappa shape index (κ3) is 4.47. The number of sulfonamides is 1. The van der Waals surface area contributed by atoms with Crippen LogP contribution in [-0.4, -0.2) is 70.1 Å². The third-order valence-corrected chi connectivity index (χ3v) is 7.80. The predicted molar refractivity (Wildman–Crippen MR) is 119 cm³/mol. The van der Waals surface area contributed by atoms with E-state index in [2.05, 4.69) is 4.90 Å². The highest BCUT2D eigenvalue weighted by Gasteiger charge is 2.32. The van der Waals surface area contributed by atoms with Crippen LogP contribution in [0.25, 0.3) is 0 Å². The molecule has 2 aliphatic heterocycles. The normalized spacial score (nSPS) is 18.2. The molecule has 2 fully saturated rings. The smallest absolute Gasteiger partial charge is 0.270 e. The van der Waals surface area contributed by atoms with Gasteiger partial charge in [-0.25, -0.2) is 8.42 Å². The Labute approximate surface area is 186 Å². The van der Waals surface area contributed by atoms with Gasteiger partial charge in [-0.1, -0.05) is 23.7 Å². The second kappa shape index (κ2) is 8.99. The number of halogens is 1. The highest BCUT2D eigenvalue weighted by molar-refractivity contribution is 7.89. The quantitative estimate of drug-likeness (QED) is 0.493. The molecule has 31 heavy (non-hydrogen) atoms. The molecule has 0 aliphatic carbocycles. The fraction of sp³-hybridized carbons (Fsp3) is 0.400. The van der Waals surface area contributed by atoms with Crippen molar-refractivity contribution in [3.8, 4) is 0 Å². The molecule has 2 saturated heterocycles. The zero-order valence-electron chi connectivity index (χ0n) is 16.8. The van der Waals surface area contributed by atoms with Gasteiger partial charge in [-0.05, 0) is 18.2 Å². The molecule has 4 rings (SSSR count). The lowest BCUT2D eigenvalue weighted by molar-refractivity contribution is -0.385. The standard InChI is InChI=1S/C20H23ClN4O5S/c21-17-3-1-2-4-18(17)22-7-9-23(10-8-22)19-6-5-16(25(26)27)15-20(19)31(28,29)24-11-13-30-14-12-24/h1-6,15H,7-14H2. The van der Waals surface area contributed by atoms with E-state index in [0.717, 1.165) is 5.69 Å². The van der Waals surface area contributed by atoms with Crippen LogP contribution in [0.2, 0.25) is 5.02 Å². The molecule has 0 bridgehead atoms. The van der Waals surface area contributed by atoms with E-state index in [1.165, 1.54) is 22.5 Å². The molecule has 0 saturated carbocycles. The van der Waals surface area contributed by atoms with E-state index in [9.17, 15) is 18.5 Å². The van der Waals surface area contributed by atoms with Crippen LogP contribution in [0.1, 0.15) is 0 Å². The van der Waals surface area contributed by atoms with Crippen LogP contribution in [0, 0.1) is 10.1 Å². The number of non-ortho nitro benzene ring substituents is 1. The Hall–Kier alpha value is -2.40. The number of morpholine rings is 1. The number of para-hydroxylation sites is 1. The Morgan fingerprint density at radius 3 is 2.13 bits per heavy atom. The minimum atomic E-state index is -3.90. The average Bonchev–Trinajstić information content (AvgIpc) is 2.80. The van der Waals surface area contributed by atoms with Crippen molar-refractivity contribution in [2.24, 2.45) is 0 Å². The van der Waals surface area contributed by atoms with Crippen molar-refractivity contribution < 1.29 is 18.1 Å². The van der Waals surface area contributed by atoms with Crippen LogP contribution in [0.15, 0.2) is 47.4 Å². The highest BCUT2D eigenvalue weighted by Crippen LogP contribution is 2.34. The summed E-state index contributed by atoms with van der Waals surface area (Å²) in [6.07, 6.45) is 0. The molecule has 0 atom stereocenters. The molecule has 0 N–H and O–H groups in total. The lowest BCUT2D eigenvalue weighted by Crippen LogP contribution is -2.47. The number of nitrogens with zero attached hydrogens (tertiary/aromatic N) is 4. The molecule has 0 amide bonds. The van der Waals surface area contributed by atoms with E-state index in [1.54, 1.807) is 0 Å². The summed E-state index contributed by atoms with van der Waals surface area (Å²) >= 11 is 6.31. The van der Waals surface area contributed by atoms with Crippen LogP contribution in [0.3, 0.4) is 0 Å². The molecule has 11 heteroatoms. The maximum absolute atomic E-state index is 13.3. The van der Waals surface area contributed by atoms with Gasteiger partial charge in [0, 0.05) is 51.4 Å². The van der Waals surface area contributed by atoms with Crippen molar-refractivity contribution in [1.29, 1.82) is 0 Å². The molecule has 166 valence electrons. The van der Waals surface area contributed by atoms with Gasteiger partial charge in [-0.2, -0.15) is 4.31 Å². The average molecular weight is 467 g/mol. The SMILES string of the molecule is O=[N+]([O-])c1ccc(N2CCN(c3ccccc3Cl)CC2)c(S(=O)(=O)N2CCOCC2)c1. The van der Waals surface area contributed by atoms with E-state index in [4.69, 9.17) is 16.3 Å². The van der Waals surface area contributed by atoms with Gasteiger partial charge in [-0.15, -0.1) is 0 Å². The van der Waals surface area contributed by atoms with Crippen LogP contribution >= 0.6 is 11.6 Å². The van der Waals surface area contributed by atoms with Gasteiger partial charge in [-0.3, -0.25) is 10.1 Å². The maximum Gasteiger partial charge on any atom is 0.270 e. The molecule has 0 unspecified atom stereocenters. The van der Waals surface area contributed by atoms with Crippen molar-refractivity contribution >= 4 is 38.7 Å². The molecular formula is C20H23ClN4O5S. The second-order valence-electron chi connectivity index (χ2n) is 7.35. The molecule has 0 spiro atoms. The summed E-state index contributed by atoms with van der Waals surface area (Å²) in [5.41, 5.74) is 1.18. The van der Waals surface area contributed by atoms with Gasteiger partial charge < -0.3 is 14.5 Å². The summed E-state index contributed by atoms with van der Waals surface area (Å²) in [4.78, 5) is 14.8. The lowest BCUT2D eigenvalue weighted by Gasteiger charge is -2.38. The minimum Gasteiger partial charge on any atom is -0.379 e. The first kappa shape index (κ1) is 21.8. The molecule has 0 radical (unpaired) electrons. The van der Waals surface area contributed by atoms with E-state index in [1.807, 2.05) is 29.2 Å². The van der Waals surface area contributed by atoms with Crippen molar-refractivity contribution in [1.82, 2.24) is 4.31 Å². The number of anilines is 2. The van der Waals surface area contributed by atoms with E-state index >= 15 is 0 Å². The van der Waals surface area contributed by atoms with E-state index in [0.29, 0.717) is 50.1 Å². The van der Waals surface area contributed by atoms with Crippen LogP contribution in [-0.2, 0) is 14.8 Å². The summed E-state index contributed by atoms with van der Waals surface area (Å²) in [7, 11) is -3.90. The van der Waals surface area contributed by atoms with Gasteiger partial charge in [0.15, 0.2) is 0 Å². The van der Waals surface area contributed by atoms with Gasteiger partial charge in [0.1, 0.15) is 4.90 Å². The third-order valence-electron chi connectivity index (χ3n) is 5.56.